The molecule has 2 heterocycles. The number of hydrogen-bond acceptors (Lipinski definition) is 4. The van der Waals surface area contributed by atoms with E-state index in [1.165, 1.54) is 12.4 Å². The second kappa shape index (κ2) is 7.83. The smallest absolute Gasteiger partial charge is 0.129 e. The number of halogens is 4. The van der Waals surface area contributed by atoms with Gasteiger partial charge in [0.1, 0.15) is 29.6 Å². The maximum atomic E-state index is 13.2. The minimum atomic E-state index is -0.806. The third-order valence-corrected chi connectivity index (χ3v) is 4.71. The van der Waals surface area contributed by atoms with Gasteiger partial charge in [-0.1, -0.05) is 23.2 Å². The first-order chi connectivity index (χ1) is 11.9. The average Bonchev–Trinajstić information content (AvgIpc) is 2.53. The maximum Gasteiger partial charge on any atom is 0.129 e. The Hall–Kier alpha value is -1.47. The van der Waals surface area contributed by atoms with Crippen LogP contribution in [0.15, 0.2) is 30.6 Å². The molecular formula is C17H16Cl2F2N2O2. The fraction of sp³-hybridized carbons (Fsp3) is 0.353. The molecule has 1 N–H and O–H groups in total. The van der Waals surface area contributed by atoms with Crippen LogP contribution in [0.4, 0.5) is 8.78 Å². The van der Waals surface area contributed by atoms with Gasteiger partial charge in [-0.3, -0.25) is 9.88 Å². The van der Waals surface area contributed by atoms with Crippen molar-refractivity contribution in [3.05, 3.63) is 57.8 Å². The summed E-state index contributed by atoms with van der Waals surface area (Å²) in [6, 6.07) is 2.96. The van der Waals surface area contributed by atoms with Gasteiger partial charge in [-0.25, -0.2) is 8.78 Å². The number of ether oxygens (including phenoxy) is 1. The van der Waals surface area contributed by atoms with Gasteiger partial charge in [0.05, 0.1) is 10.0 Å². The number of piperidine rings is 1. The van der Waals surface area contributed by atoms with Crippen molar-refractivity contribution < 1.29 is 18.6 Å². The molecule has 0 unspecified atom stereocenters. The van der Waals surface area contributed by atoms with Gasteiger partial charge in [0.2, 0.25) is 0 Å². The molecule has 1 aliphatic rings. The molecule has 1 aliphatic heterocycles. The first kappa shape index (κ1) is 18.3. The molecule has 0 radical (unpaired) electrons. The van der Waals surface area contributed by atoms with Crippen molar-refractivity contribution in [1.29, 1.82) is 0 Å². The fourth-order valence-corrected chi connectivity index (χ4v) is 3.32. The Labute approximate surface area is 153 Å². The van der Waals surface area contributed by atoms with Gasteiger partial charge >= 0.3 is 0 Å². The Morgan fingerprint density at radius 2 is 1.80 bits per heavy atom. The average molecular weight is 389 g/mol. The number of benzene rings is 1. The van der Waals surface area contributed by atoms with Crippen LogP contribution in [0.5, 0.6) is 5.75 Å². The summed E-state index contributed by atoms with van der Waals surface area (Å²) in [5, 5.41) is 11.3. The molecular weight excluding hydrogens is 373 g/mol. The number of rotatable bonds is 4. The van der Waals surface area contributed by atoms with E-state index in [1.54, 1.807) is 0 Å². The van der Waals surface area contributed by atoms with Gasteiger partial charge in [-0.15, -0.1) is 0 Å². The summed E-state index contributed by atoms with van der Waals surface area (Å²) in [6.45, 7) is 1.42. The fourth-order valence-electron chi connectivity index (χ4n) is 2.84. The highest BCUT2D eigenvalue weighted by Gasteiger charge is 2.30. The van der Waals surface area contributed by atoms with Crippen molar-refractivity contribution in [3.8, 4) is 5.75 Å². The van der Waals surface area contributed by atoms with E-state index in [4.69, 9.17) is 27.9 Å². The molecule has 134 valence electrons. The molecule has 1 saturated heterocycles. The third-order valence-electron chi connectivity index (χ3n) is 4.06. The molecule has 25 heavy (non-hydrogen) atoms. The monoisotopic (exact) mass is 388 g/mol. The summed E-state index contributed by atoms with van der Waals surface area (Å²) >= 11 is 12.2. The van der Waals surface area contributed by atoms with E-state index in [0.29, 0.717) is 36.1 Å². The number of pyridine rings is 1. The molecule has 4 nitrogen and oxygen atoms in total. The zero-order valence-electron chi connectivity index (χ0n) is 13.1. The molecule has 2 atom stereocenters. The van der Waals surface area contributed by atoms with Crippen LogP contribution in [-0.4, -0.2) is 40.3 Å². The molecule has 3 rings (SSSR count). The second-order valence-corrected chi connectivity index (χ2v) is 6.75. The van der Waals surface area contributed by atoms with E-state index in [0.717, 1.165) is 23.8 Å². The molecule has 2 aromatic rings. The molecule has 0 spiro atoms. The highest BCUT2D eigenvalue weighted by molar-refractivity contribution is 6.35. The standard InChI is InChI=1S/C17H16Cl2F2N2O2/c18-14-6-22-7-15(19)13(14)8-23-2-1-17(16(24)9-23)25-12-4-10(20)3-11(21)5-12/h3-7,16-17,24H,1-2,8-9H2/t16-,17-/m1/s1. The molecule has 1 aromatic heterocycles. The Balaban J connectivity index is 1.62. The zero-order chi connectivity index (χ0) is 18.0. The van der Waals surface area contributed by atoms with E-state index >= 15 is 0 Å². The van der Waals surface area contributed by atoms with Crippen LogP contribution in [0.3, 0.4) is 0 Å². The molecule has 0 amide bonds. The maximum absolute atomic E-state index is 13.2. The molecule has 0 saturated carbocycles. The lowest BCUT2D eigenvalue weighted by molar-refractivity contribution is -0.0277. The van der Waals surface area contributed by atoms with Crippen molar-refractivity contribution in [3.63, 3.8) is 0 Å². The Morgan fingerprint density at radius 3 is 2.40 bits per heavy atom. The predicted molar refractivity (Wildman–Crippen MR) is 90.9 cm³/mol. The second-order valence-electron chi connectivity index (χ2n) is 5.93. The van der Waals surface area contributed by atoms with Gasteiger partial charge < -0.3 is 9.84 Å². The van der Waals surface area contributed by atoms with Gasteiger partial charge in [-0.05, 0) is 6.42 Å². The van der Waals surface area contributed by atoms with Crippen LogP contribution < -0.4 is 4.74 Å². The van der Waals surface area contributed by atoms with E-state index in [-0.39, 0.29) is 5.75 Å². The summed E-state index contributed by atoms with van der Waals surface area (Å²) in [5.74, 6) is -1.37. The van der Waals surface area contributed by atoms with E-state index in [2.05, 4.69) is 4.98 Å². The quantitative estimate of drug-likeness (QED) is 0.867. The first-order valence-corrected chi connectivity index (χ1v) is 8.49. The minimum absolute atomic E-state index is 0.0650. The molecule has 1 fully saturated rings. The van der Waals surface area contributed by atoms with Crippen LogP contribution in [0.25, 0.3) is 0 Å². The highest BCUT2D eigenvalue weighted by Crippen LogP contribution is 2.27. The Morgan fingerprint density at radius 1 is 1.16 bits per heavy atom. The van der Waals surface area contributed by atoms with E-state index in [1.807, 2.05) is 4.90 Å². The lowest BCUT2D eigenvalue weighted by atomic mass is 10.0. The number of nitrogens with zero attached hydrogens (tertiary/aromatic N) is 2. The van der Waals surface area contributed by atoms with Gasteiger partial charge in [0.25, 0.3) is 0 Å². The SMILES string of the molecule is O[C@@H]1CN(Cc2c(Cl)cncc2Cl)CC[C@H]1Oc1cc(F)cc(F)c1. The minimum Gasteiger partial charge on any atom is -0.487 e. The van der Waals surface area contributed by atoms with Crippen LogP contribution >= 0.6 is 23.2 Å². The van der Waals surface area contributed by atoms with Crippen LogP contribution in [0.2, 0.25) is 10.0 Å². The van der Waals surface area contributed by atoms with Crippen molar-refractivity contribution in [1.82, 2.24) is 9.88 Å². The number of aliphatic hydroxyl groups excluding tert-OH is 1. The third kappa shape index (κ3) is 4.58. The Kier molecular flexibility index (Phi) is 5.74. The molecule has 0 bridgehead atoms. The summed E-state index contributed by atoms with van der Waals surface area (Å²) in [6.07, 6.45) is 2.20. The summed E-state index contributed by atoms with van der Waals surface area (Å²) in [4.78, 5) is 5.90. The highest BCUT2D eigenvalue weighted by atomic mass is 35.5. The van der Waals surface area contributed by atoms with Crippen molar-refractivity contribution in [2.75, 3.05) is 13.1 Å². The largest absolute Gasteiger partial charge is 0.487 e. The number of aliphatic hydroxyl groups is 1. The lowest BCUT2D eigenvalue weighted by Crippen LogP contribution is -2.48. The predicted octanol–water partition coefficient (Wildman–Crippen LogP) is 3.68. The number of β-amino-alcohol motifs (C(OH)–C–C–N with tert-alkyl or cyclic N) is 1. The summed E-state index contributed by atoms with van der Waals surface area (Å²) in [5.41, 5.74) is 0.747. The van der Waals surface area contributed by atoms with Crippen molar-refractivity contribution in [2.24, 2.45) is 0 Å². The summed E-state index contributed by atoms with van der Waals surface area (Å²) in [7, 11) is 0. The molecule has 8 heteroatoms. The topological polar surface area (TPSA) is 45.6 Å². The molecule has 1 aromatic carbocycles. The normalized spacial score (nSPS) is 21.3. The van der Waals surface area contributed by atoms with Crippen molar-refractivity contribution in [2.45, 2.75) is 25.2 Å². The van der Waals surface area contributed by atoms with Gasteiger partial charge in [0.15, 0.2) is 0 Å². The summed E-state index contributed by atoms with van der Waals surface area (Å²) < 4.78 is 32.0. The lowest BCUT2D eigenvalue weighted by Gasteiger charge is -2.36. The van der Waals surface area contributed by atoms with Crippen LogP contribution in [0.1, 0.15) is 12.0 Å². The first-order valence-electron chi connectivity index (χ1n) is 7.73. The molecule has 0 aliphatic carbocycles. The van der Waals surface area contributed by atoms with Crippen LogP contribution in [0, 0.1) is 11.6 Å². The number of hydrogen-bond donors (Lipinski definition) is 1. The van der Waals surface area contributed by atoms with Gasteiger partial charge in [-0.2, -0.15) is 0 Å². The van der Waals surface area contributed by atoms with E-state index < -0.39 is 23.8 Å². The number of aromatic nitrogens is 1. The van der Waals surface area contributed by atoms with Crippen LogP contribution in [-0.2, 0) is 6.54 Å². The number of likely N-dealkylation sites (tertiary alicyclic amines) is 1. The van der Waals surface area contributed by atoms with E-state index in [9.17, 15) is 13.9 Å². The zero-order valence-corrected chi connectivity index (χ0v) is 14.6. The van der Waals surface area contributed by atoms with Gasteiger partial charge in [0, 0.05) is 55.8 Å². The van der Waals surface area contributed by atoms with Crippen molar-refractivity contribution >= 4 is 23.2 Å². The Bertz CT molecular complexity index is 723.